The molecule has 15 heavy (non-hydrogen) atoms. The van der Waals surface area contributed by atoms with Crippen molar-refractivity contribution in [1.82, 2.24) is 10.2 Å². The lowest BCUT2D eigenvalue weighted by Gasteiger charge is -2.39. The molecule has 0 aromatic heterocycles. The third-order valence-electron chi connectivity index (χ3n) is 2.64. The van der Waals surface area contributed by atoms with Gasteiger partial charge in [-0.05, 0) is 13.3 Å². The number of amides is 1. The molecule has 0 bridgehead atoms. The summed E-state index contributed by atoms with van der Waals surface area (Å²) in [6, 6.07) is -0.143. The van der Waals surface area contributed by atoms with Gasteiger partial charge in [-0.15, -0.1) is 0 Å². The molecule has 0 aromatic rings. The zero-order valence-electron chi connectivity index (χ0n) is 9.40. The van der Waals surface area contributed by atoms with Crippen LogP contribution in [0, 0.1) is 0 Å². The molecule has 1 saturated heterocycles. The standard InChI is InChI=1S/C10H20N2O3/c1-8(12-6-9(13)7-12)10(14)11-4-3-5-15-2/h8-9,13H,3-7H2,1-2H3,(H,11,14). The van der Waals surface area contributed by atoms with Gasteiger partial charge in [0.1, 0.15) is 0 Å². The zero-order valence-corrected chi connectivity index (χ0v) is 9.40. The molecule has 1 aliphatic heterocycles. The average Bonchev–Trinajstić information content (AvgIpc) is 2.18. The van der Waals surface area contributed by atoms with Crippen LogP contribution in [0.5, 0.6) is 0 Å². The monoisotopic (exact) mass is 216 g/mol. The minimum absolute atomic E-state index is 0.0259. The van der Waals surface area contributed by atoms with Gasteiger partial charge in [0.15, 0.2) is 0 Å². The average molecular weight is 216 g/mol. The van der Waals surface area contributed by atoms with Gasteiger partial charge in [-0.2, -0.15) is 0 Å². The van der Waals surface area contributed by atoms with E-state index in [9.17, 15) is 4.79 Å². The Morgan fingerprint density at radius 2 is 2.33 bits per heavy atom. The minimum atomic E-state index is -0.256. The molecule has 0 aromatic carbocycles. The largest absolute Gasteiger partial charge is 0.390 e. The summed E-state index contributed by atoms with van der Waals surface area (Å²) in [4.78, 5) is 13.5. The molecule has 1 unspecified atom stereocenters. The lowest BCUT2D eigenvalue weighted by Crippen LogP contribution is -2.58. The highest BCUT2D eigenvalue weighted by molar-refractivity contribution is 5.81. The van der Waals surface area contributed by atoms with Gasteiger partial charge in [0, 0.05) is 33.4 Å². The topological polar surface area (TPSA) is 61.8 Å². The van der Waals surface area contributed by atoms with E-state index in [1.165, 1.54) is 0 Å². The smallest absolute Gasteiger partial charge is 0.237 e. The number of ether oxygens (including phenoxy) is 1. The Bertz CT molecular complexity index is 205. The van der Waals surface area contributed by atoms with Crippen molar-refractivity contribution >= 4 is 5.91 Å². The molecule has 1 rings (SSSR count). The van der Waals surface area contributed by atoms with Crippen LogP contribution in [0.3, 0.4) is 0 Å². The molecule has 5 heteroatoms. The first-order valence-electron chi connectivity index (χ1n) is 5.34. The van der Waals surface area contributed by atoms with Crippen LogP contribution in [-0.4, -0.2) is 61.4 Å². The second kappa shape index (κ2) is 6.05. The van der Waals surface area contributed by atoms with Crippen molar-refractivity contribution < 1.29 is 14.6 Å². The van der Waals surface area contributed by atoms with E-state index in [-0.39, 0.29) is 18.1 Å². The van der Waals surface area contributed by atoms with Crippen LogP contribution in [0.25, 0.3) is 0 Å². The van der Waals surface area contributed by atoms with Crippen molar-refractivity contribution in [3.8, 4) is 0 Å². The Kier molecular flexibility index (Phi) is 5.01. The van der Waals surface area contributed by atoms with Gasteiger partial charge in [0.25, 0.3) is 0 Å². The normalized spacial score (nSPS) is 19.7. The number of carbonyl (C=O) groups is 1. The number of hydrogen-bond donors (Lipinski definition) is 2. The molecule has 0 spiro atoms. The highest BCUT2D eigenvalue weighted by Gasteiger charge is 2.31. The van der Waals surface area contributed by atoms with Crippen molar-refractivity contribution in [3.05, 3.63) is 0 Å². The van der Waals surface area contributed by atoms with Crippen molar-refractivity contribution in [2.24, 2.45) is 0 Å². The molecule has 5 nitrogen and oxygen atoms in total. The lowest BCUT2D eigenvalue weighted by atomic mass is 10.1. The third-order valence-corrected chi connectivity index (χ3v) is 2.64. The quantitative estimate of drug-likeness (QED) is 0.571. The summed E-state index contributed by atoms with van der Waals surface area (Å²) in [5.74, 6) is 0.0259. The molecule has 1 amide bonds. The second-order valence-electron chi connectivity index (χ2n) is 3.92. The SMILES string of the molecule is COCCCNC(=O)C(C)N1CC(O)C1. The first kappa shape index (κ1) is 12.4. The van der Waals surface area contributed by atoms with Crippen molar-refractivity contribution in [2.75, 3.05) is 33.4 Å². The number of rotatable bonds is 6. The molecule has 1 heterocycles. The number of methoxy groups -OCH3 is 1. The highest BCUT2D eigenvalue weighted by Crippen LogP contribution is 2.11. The van der Waals surface area contributed by atoms with Gasteiger partial charge in [0.05, 0.1) is 12.1 Å². The number of hydrogen-bond acceptors (Lipinski definition) is 4. The van der Waals surface area contributed by atoms with Crippen LogP contribution in [-0.2, 0) is 9.53 Å². The number of carbonyl (C=O) groups excluding carboxylic acids is 1. The van der Waals surface area contributed by atoms with Crippen LogP contribution in [0.2, 0.25) is 0 Å². The molecular weight excluding hydrogens is 196 g/mol. The second-order valence-corrected chi connectivity index (χ2v) is 3.92. The highest BCUT2D eigenvalue weighted by atomic mass is 16.5. The summed E-state index contributed by atoms with van der Waals surface area (Å²) in [5.41, 5.74) is 0. The molecule has 1 fully saturated rings. The summed E-state index contributed by atoms with van der Waals surface area (Å²) in [7, 11) is 1.64. The van der Waals surface area contributed by atoms with Gasteiger partial charge in [-0.3, -0.25) is 9.69 Å². The molecule has 1 aliphatic rings. The van der Waals surface area contributed by atoms with E-state index in [0.717, 1.165) is 6.42 Å². The summed E-state index contributed by atoms with van der Waals surface area (Å²) >= 11 is 0. The van der Waals surface area contributed by atoms with Gasteiger partial charge in [-0.25, -0.2) is 0 Å². The fourth-order valence-corrected chi connectivity index (χ4v) is 1.55. The molecular formula is C10H20N2O3. The maximum atomic E-state index is 11.6. The molecule has 88 valence electrons. The Balaban J connectivity index is 2.10. The first-order chi connectivity index (χ1) is 7.15. The van der Waals surface area contributed by atoms with Crippen LogP contribution >= 0.6 is 0 Å². The van der Waals surface area contributed by atoms with Crippen LogP contribution in [0.4, 0.5) is 0 Å². The maximum Gasteiger partial charge on any atom is 0.237 e. The van der Waals surface area contributed by atoms with E-state index in [0.29, 0.717) is 26.2 Å². The van der Waals surface area contributed by atoms with Gasteiger partial charge >= 0.3 is 0 Å². The first-order valence-corrected chi connectivity index (χ1v) is 5.34. The summed E-state index contributed by atoms with van der Waals surface area (Å²) in [6.45, 7) is 4.38. The number of nitrogens with one attached hydrogen (secondary N) is 1. The van der Waals surface area contributed by atoms with Gasteiger partial charge in [0.2, 0.25) is 5.91 Å². The molecule has 0 radical (unpaired) electrons. The fraction of sp³-hybridized carbons (Fsp3) is 0.900. The Labute approximate surface area is 90.4 Å². The Morgan fingerprint density at radius 1 is 1.67 bits per heavy atom. The summed E-state index contributed by atoms with van der Waals surface area (Å²) in [5, 5.41) is 11.9. The predicted molar refractivity (Wildman–Crippen MR) is 56.5 cm³/mol. The number of likely N-dealkylation sites (tertiary alicyclic amines) is 1. The molecule has 2 N–H and O–H groups in total. The Morgan fingerprint density at radius 3 is 2.87 bits per heavy atom. The van der Waals surface area contributed by atoms with E-state index in [1.807, 2.05) is 11.8 Å². The predicted octanol–water partition coefficient (Wildman–Crippen LogP) is -0.796. The van der Waals surface area contributed by atoms with Gasteiger partial charge < -0.3 is 15.2 Å². The van der Waals surface area contributed by atoms with Crippen molar-refractivity contribution in [3.63, 3.8) is 0 Å². The number of aliphatic hydroxyl groups excluding tert-OH is 1. The van der Waals surface area contributed by atoms with Crippen LogP contribution in [0.1, 0.15) is 13.3 Å². The van der Waals surface area contributed by atoms with E-state index < -0.39 is 0 Å². The summed E-state index contributed by atoms with van der Waals surface area (Å²) in [6.07, 6.45) is 0.575. The molecule has 0 saturated carbocycles. The molecule has 0 aliphatic carbocycles. The van der Waals surface area contributed by atoms with E-state index in [4.69, 9.17) is 9.84 Å². The molecule has 1 atom stereocenters. The Hall–Kier alpha value is -0.650. The number of aliphatic hydroxyl groups is 1. The lowest BCUT2D eigenvalue weighted by molar-refractivity contribution is -0.130. The van der Waals surface area contributed by atoms with E-state index in [1.54, 1.807) is 7.11 Å². The third kappa shape index (κ3) is 3.77. The van der Waals surface area contributed by atoms with E-state index in [2.05, 4.69) is 5.32 Å². The van der Waals surface area contributed by atoms with E-state index >= 15 is 0 Å². The number of β-amino-alcohol motifs (C(OH)–C–C–N with tert-alkyl or cyclic N) is 1. The van der Waals surface area contributed by atoms with Crippen molar-refractivity contribution in [1.29, 1.82) is 0 Å². The number of nitrogens with zero attached hydrogens (tertiary/aromatic N) is 1. The van der Waals surface area contributed by atoms with Gasteiger partial charge in [-0.1, -0.05) is 0 Å². The van der Waals surface area contributed by atoms with Crippen LogP contribution in [0.15, 0.2) is 0 Å². The van der Waals surface area contributed by atoms with Crippen molar-refractivity contribution in [2.45, 2.75) is 25.5 Å². The zero-order chi connectivity index (χ0) is 11.3. The summed E-state index contributed by atoms with van der Waals surface area (Å²) < 4.78 is 4.88. The fourth-order valence-electron chi connectivity index (χ4n) is 1.55. The minimum Gasteiger partial charge on any atom is -0.390 e. The maximum absolute atomic E-state index is 11.6. The van der Waals surface area contributed by atoms with Crippen LogP contribution < -0.4 is 5.32 Å².